The van der Waals surface area contributed by atoms with E-state index in [1.54, 1.807) is 7.11 Å². The van der Waals surface area contributed by atoms with E-state index in [1.807, 2.05) is 12.1 Å². The van der Waals surface area contributed by atoms with Crippen LogP contribution in [0, 0.1) is 0 Å². The van der Waals surface area contributed by atoms with E-state index in [-0.39, 0.29) is 5.91 Å². The second-order valence-electron chi connectivity index (χ2n) is 5.05. The minimum absolute atomic E-state index is 0.193. The maximum atomic E-state index is 11.7. The van der Waals surface area contributed by atoms with Crippen molar-refractivity contribution in [1.82, 2.24) is 5.32 Å². The number of amides is 1. The lowest BCUT2D eigenvalue weighted by Gasteiger charge is -2.37. The summed E-state index contributed by atoms with van der Waals surface area (Å²) in [6.07, 6.45) is 2.81. The molecule has 0 saturated carbocycles. The van der Waals surface area contributed by atoms with Crippen LogP contribution in [-0.2, 0) is 4.79 Å². The van der Waals surface area contributed by atoms with Crippen LogP contribution in [0.4, 0.5) is 5.69 Å². The summed E-state index contributed by atoms with van der Waals surface area (Å²) in [7, 11) is 1.67. The molecule has 3 saturated heterocycles. The number of hydrogen-bond acceptors (Lipinski definition) is 3. The van der Waals surface area contributed by atoms with Crippen molar-refractivity contribution in [3.63, 3.8) is 0 Å². The van der Waals surface area contributed by atoms with E-state index in [0.29, 0.717) is 18.5 Å². The molecule has 0 spiro atoms. The first kappa shape index (κ1) is 11.4. The van der Waals surface area contributed by atoms with E-state index in [0.717, 1.165) is 25.1 Å². The SMILES string of the molecule is COc1ccc(N2C[C@@H]3CC[C@H]2CC(=O)N3)cc1. The molecule has 18 heavy (non-hydrogen) atoms. The number of nitrogens with zero attached hydrogens (tertiary/aromatic N) is 1. The van der Waals surface area contributed by atoms with Gasteiger partial charge in [0.05, 0.1) is 7.11 Å². The number of anilines is 1. The largest absolute Gasteiger partial charge is 0.497 e. The fourth-order valence-corrected chi connectivity index (χ4v) is 2.95. The molecule has 2 atom stereocenters. The summed E-state index contributed by atoms with van der Waals surface area (Å²) in [5, 5.41) is 3.09. The second kappa shape index (κ2) is 4.52. The molecule has 0 aliphatic carbocycles. The van der Waals surface area contributed by atoms with Crippen molar-refractivity contribution in [3.05, 3.63) is 24.3 Å². The van der Waals surface area contributed by atoms with E-state index in [2.05, 4.69) is 22.3 Å². The van der Waals surface area contributed by atoms with Crippen molar-refractivity contribution < 1.29 is 9.53 Å². The number of carbonyl (C=O) groups is 1. The van der Waals surface area contributed by atoms with Crippen molar-refractivity contribution in [3.8, 4) is 5.75 Å². The van der Waals surface area contributed by atoms with Crippen molar-refractivity contribution in [1.29, 1.82) is 0 Å². The number of hydrogen-bond donors (Lipinski definition) is 1. The molecule has 1 N–H and O–H groups in total. The molecule has 1 aromatic carbocycles. The number of carbonyl (C=O) groups excluding carboxylic acids is 1. The molecule has 96 valence electrons. The first-order valence-corrected chi connectivity index (χ1v) is 6.46. The Labute approximate surface area is 107 Å². The fraction of sp³-hybridized carbons (Fsp3) is 0.500. The number of rotatable bonds is 2. The van der Waals surface area contributed by atoms with Gasteiger partial charge in [-0.1, -0.05) is 0 Å². The Morgan fingerprint density at radius 2 is 2.06 bits per heavy atom. The summed E-state index contributed by atoms with van der Waals surface area (Å²) >= 11 is 0. The summed E-state index contributed by atoms with van der Waals surface area (Å²) in [6.45, 7) is 0.919. The Hall–Kier alpha value is -1.71. The third-order valence-electron chi connectivity index (χ3n) is 3.90. The Morgan fingerprint density at radius 3 is 2.78 bits per heavy atom. The lowest BCUT2D eigenvalue weighted by Crippen LogP contribution is -2.46. The summed E-state index contributed by atoms with van der Waals surface area (Å²) < 4.78 is 5.18. The number of piperidine rings is 1. The first-order valence-electron chi connectivity index (χ1n) is 6.46. The zero-order valence-electron chi connectivity index (χ0n) is 10.6. The van der Waals surface area contributed by atoms with E-state index in [9.17, 15) is 4.79 Å². The van der Waals surface area contributed by atoms with E-state index >= 15 is 0 Å². The zero-order chi connectivity index (χ0) is 12.5. The average Bonchev–Trinajstić information content (AvgIpc) is 2.67. The molecule has 0 unspecified atom stereocenters. The molecule has 1 aromatic rings. The Balaban J connectivity index is 1.85. The lowest BCUT2D eigenvalue weighted by atomic mass is 9.98. The van der Waals surface area contributed by atoms with Gasteiger partial charge in [0.25, 0.3) is 0 Å². The van der Waals surface area contributed by atoms with E-state index in [4.69, 9.17) is 4.74 Å². The van der Waals surface area contributed by atoms with Crippen LogP contribution in [0.15, 0.2) is 24.3 Å². The van der Waals surface area contributed by atoms with Crippen LogP contribution in [0.3, 0.4) is 0 Å². The molecule has 3 fully saturated rings. The summed E-state index contributed by atoms with van der Waals surface area (Å²) in [6, 6.07) is 8.75. The topological polar surface area (TPSA) is 41.6 Å². The Kier molecular flexibility index (Phi) is 2.86. The molecule has 3 heterocycles. The van der Waals surface area contributed by atoms with Gasteiger partial charge in [0, 0.05) is 30.7 Å². The minimum Gasteiger partial charge on any atom is -0.497 e. The maximum absolute atomic E-state index is 11.7. The van der Waals surface area contributed by atoms with Gasteiger partial charge >= 0.3 is 0 Å². The highest BCUT2D eigenvalue weighted by Gasteiger charge is 2.34. The molecular weight excluding hydrogens is 228 g/mol. The minimum atomic E-state index is 0.193. The third-order valence-corrected chi connectivity index (χ3v) is 3.90. The van der Waals surface area contributed by atoms with Gasteiger partial charge in [-0.15, -0.1) is 0 Å². The van der Waals surface area contributed by atoms with Gasteiger partial charge in [-0.2, -0.15) is 0 Å². The maximum Gasteiger partial charge on any atom is 0.222 e. The van der Waals surface area contributed by atoms with Crippen molar-refractivity contribution in [2.45, 2.75) is 31.3 Å². The quantitative estimate of drug-likeness (QED) is 0.861. The van der Waals surface area contributed by atoms with Crippen LogP contribution in [0.2, 0.25) is 0 Å². The molecule has 0 aromatic heterocycles. The predicted molar refractivity (Wildman–Crippen MR) is 69.9 cm³/mol. The smallest absolute Gasteiger partial charge is 0.222 e. The van der Waals surface area contributed by atoms with Crippen LogP contribution in [-0.4, -0.2) is 31.6 Å². The molecule has 4 nitrogen and oxygen atoms in total. The number of fused-ring (bicyclic) bond motifs is 4. The monoisotopic (exact) mass is 246 g/mol. The van der Waals surface area contributed by atoms with Gasteiger partial charge in [0.1, 0.15) is 5.75 Å². The van der Waals surface area contributed by atoms with Gasteiger partial charge in [-0.3, -0.25) is 4.79 Å². The second-order valence-corrected chi connectivity index (χ2v) is 5.05. The van der Waals surface area contributed by atoms with Crippen LogP contribution in [0.1, 0.15) is 19.3 Å². The molecule has 4 heteroatoms. The molecule has 4 rings (SSSR count). The Morgan fingerprint density at radius 1 is 1.28 bits per heavy atom. The summed E-state index contributed by atoms with van der Waals surface area (Å²) in [5.41, 5.74) is 1.18. The highest BCUT2D eigenvalue weighted by Crippen LogP contribution is 2.30. The van der Waals surface area contributed by atoms with Gasteiger partial charge in [-0.25, -0.2) is 0 Å². The van der Waals surface area contributed by atoms with Crippen molar-refractivity contribution in [2.24, 2.45) is 0 Å². The van der Waals surface area contributed by atoms with Crippen molar-refractivity contribution >= 4 is 11.6 Å². The van der Waals surface area contributed by atoms with Gasteiger partial charge in [-0.05, 0) is 37.1 Å². The molecule has 0 radical (unpaired) electrons. The van der Waals surface area contributed by atoms with Crippen LogP contribution >= 0.6 is 0 Å². The van der Waals surface area contributed by atoms with Crippen LogP contribution in [0.25, 0.3) is 0 Å². The van der Waals surface area contributed by atoms with Gasteiger partial charge in [0.15, 0.2) is 0 Å². The van der Waals surface area contributed by atoms with Gasteiger partial charge in [0.2, 0.25) is 5.91 Å². The van der Waals surface area contributed by atoms with Crippen molar-refractivity contribution in [2.75, 3.05) is 18.6 Å². The van der Waals surface area contributed by atoms with Crippen LogP contribution in [0.5, 0.6) is 5.75 Å². The summed E-state index contributed by atoms with van der Waals surface area (Å²) in [5.74, 6) is 1.06. The molecule has 3 aliphatic rings. The highest BCUT2D eigenvalue weighted by atomic mass is 16.5. The number of nitrogens with one attached hydrogen (secondary N) is 1. The van der Waals surface area contributed by atoms with E-state index < -0.39 is 0 Å². The van der Waals surface area contributed by atoms with E-state index in [1.165, 1.54) is 5.69 Å². The third kappa shape index (κ3) is 2.03. The summed E-state index contributed by atoms with van der Waals surface area (Å²) in [4.78, 5) is 14.0. The van der Waals surface area contributed by atoms with Gasteiger partial charge < -0.3 is 15.0 Å². The molecule has 1 amide bonds. The first-order chi connectivity index (χ1) is 8.76. The number of benzene rings is 1. The predicted octanol–water partition coefficient (Wildman–Crippen LogP) is 1.55. The molecular formula is C14H18N2O2. The highest BCUT2D eigenvalue weighted by molar-refractivity contribution is 5.78. The fourth-order valence-electron chi connectivity index (χ4n) is 2.95. The standard InChI is InChI=1S/C14H18N2O2/c1-18-13-6-4-11(5-7-13)16-9-10-2-3-12(16)8-14(17)15-10/h4-7,10,12H,2-3,8-9H2,1H3,(H,15,17)/t10-,12-/m0/s1. The van der Waals surface area contributed by atoms with Crippen LogP contribution < -0.4 is 15.0 Å². The molecule has 2 bridgehead atoms. The Bertz CT molecular complexity index is 444. The normalized spacial score (nSPS) is 26.7. The lowest BCUT2D eigenvalue weighted by molar-refractivity contribution is -0.121. The molecule has 3 aliphatic heterocycles. The number of ether oxygens (including phenoxy) is 1. The average molecular weight is 246 g/mol. The zero-order valence-corrected chi connectivity index (χ0v) is 10.6. The number of methoxy groups -OCH3 is 1.